The number of imidazole rings is 1. The maximum absolute atomic E-state index is 12.0. The zero-order valence-electron chi connectivity index (χ0n) is 10.7. The van der Waals surface area contributed by atoms with Gasteiger partial charge in [-0.25, -0.2) is 4.98 Å². The van der Waals surface area contributed by atoms with Crippen LogP contribution in [0.5, 0.6) is 0 Å². The average molecular weight is 235 g/mol. The number of aryl methyl sites for hydroxylation is 1. The van der Waals surface area contributed by atoms with Crippen molar-refractivity contribution in [3.05, 3.63) is 18.2 Å². The van der Waals surface area contributed by atoms with Crippen LogP contribution in [0.1, 0.15) is 37.9 Å². The summed E-state index contributed by atoms with van der Waals surface area (Å²) in [6, 6.07) is 0.0919. The van der Waals surface area contributed by atoms with Crippen LogP contribution in [-0.4, -0.2) is 33.3 Å². The van der Waals surface area contributed by atoms with Gasteiger partial charge in [0.15, 0.2) is 0 Å². The second kappa shape index (κ2) is 5.45. The molecule has 1 aromatic rings. The number of hydrogen-bond acceptors (Lipinski definition) is 3. The van der Waals surface area contributed by atoms with E-state index in [0.717, 1.165) is 31.6 Å². The molecular formula is C13H21N3O. The van der Waals surface area contributed by atoms with E-state index in [0.29, 0.717) is 5.78 Å². The normalized spacial score (nSPS) is 21.8. The molecule has 17 heavy (non-hydrogen) atoms. The summed E-state index contributed by atoms with van der Waals surface area (Å²) < 4.78 is 2.01. The van der Waals surface area contributed by atoms with Gasteiger partial charge in [-0.3, -0.25) is 9.69 Å². The van der Waals surface area contributed by atoms with Crippen LogP contribution < -0.4 is 0 Å². The lowest BCUT2D eigenvalue weighted by molar-refractivity contribution is -0.123. The van der Waals surface area contributed by atoms with Crippen molar-refractivity contribution >= 4 is 5.78 Å². The smallest absolute Gasteiger partial charge is 0.149 e. The monoisotopic (exact) mass is 235 g/mol. The van der Waals surface area contributed by atoms with E-state index in [2.05, 4.69) is 9.88 Å². The van der Waals surface area contributed by atoms with Crippen LogP contribution >= 0.6 is 0 Å². The molecule has 0 radical (unpaired) electrons. The topological polar surface area (TPSA) is 38.1 Å². The number of likely N-dealkylation sites (N-methyl/N-ethyl adjacent to an activating group) is 1. The van der Waals surface area contributed by atoms with Gasteiger partial charge in [0.1, 0.15) is 11.6 Å². The summed E-state index contributed by atoms with van der Waals surface area (Å²) in [6.45, 7) is 0.750. The van der Waals surface area contributed by atoms with Crippen molar-refractivity contribution in [2.24, 2.45) is 7.05 Å². The van der Waals surface area contributed by atoms with E-state index >= 15 is 0 Å². The van der Waals surface area contributed by atoms with Crippen LogP contribution in [0.4, 0.5) is 0 Å². The van der Waals surface area contributed by atoms with Gasteiger partial charge in [-0.1, -0.05) is 12.8 Å². The van der Waals surface area contributed by atoms with Gasteiger partial charge in [0.2, 0.25) is 0 Å². The molecule has 0 bridgehead atoms. The maximum Gasteiger partial charge on any atom is 0.149 e. The van der Waals surface area contributed by atoms with Gasteiger partial charge in [-0.2, -0.15) is 0 Å². The number of carbonyl (C=O) groups excluding carboxylic acids is 1. The first-order valence-electron chi connectivity index (χ1n) is 6.37. The first-order chi connectivity index (χ1) is 8.18. The van der Waals surface area contributed by atoms with Crippen molar-refractivity contribution in [1.29, 1.82) is 0 Å². The third-order valence-electron chi connectivity index (χ3n) is 3.62. The maximum atomic E-state index is 12.0. The average Bonchev–Trinajstić information content (AvgIpc) is 2.57. The fourth-order valence-corrected chi connectivity index (χ4v) is 2.49. The Morgan fingerprint density at radius 1 is 1.47 bits per heavy atom. The first-order valence-corrected chi connectivity index (χ1v) is 6.37. The Labute approximate surface area is 103 Å². The highest BCUT2D eigenvalue weighted by Gasteiger charge is 2.25. The summed E-state index contributed by atoms with van der Waals surface area (Å²) in [6.07, 6.45) is 8.91. The molecule has 0 N–H and O–H groups in total. The minimum absolute atomic E-state index is 0.0919. The Bertz CT molecular complexity index is 386. The van der Waals surface area contributed by atoms with Crippen LogP contribution in [0.25, 0.3) is 0 Å². The van der Waals surface area contributed by atoms with E-state index in [1.165, 1.54) is 12.8 Å². The van der Waals surface area contributed by atoms with E-state index in [1.807, 2.05) is 24.9 Å². The highest BCUT2D eigenvalue weighted by molar-refractivity contribution is 5.84. The molecule has 0 aromatic carbocycles. The second-order valence-corrected chi connectivity index (χ2v) is 4.95. The largest absolute Gasteiger partial charge is 0.337 e. The number of nitrogens with zero attached hydrogens (tertiary/aromatic N) is 3. The molecule has 4 heteroatoms. The Hall–Kier alpha value is -1.16. The SMILES string of the molecule is CN(Cc1nccn1C)C1CCCCCC1=O. The summed E-state index contributed by atoms with van der Waals surface area (Å²) in [5, 5.41) is 0. The summed E-state index contributed by atoms with van der Waals surface area (Å²) in [7, 11) is 4.02. The van der Waals surface area contributed by atoms with Gasteiger partial charge in [0.25, 0.3) is 0 Å². The molecule has 0 spiro atoms. The number of hydrogen-bond donors (Lipinski definition) is 0. The van der Waals surface area contributed by atoms with Crippen LogP contribution in [0, 0.1) is 0 Å². The number of carbonyl (C=O) groups is 1. The van der Waals surface area contributed by atoms with E-state index in [1.54, 1.807) is 6.20 Å². The molecule has 4 nitrogen and oxygen atoms in total. The summed E-state index contributed by atoms with van der Waals surface area (Å²) >= 11 is 0. The van der Waals surface area contributed by atoms with Gasteiger partial charge in [-0.05, 0) is 19.9 Å². The Morgan fingerprint density at radius 3 is 3.00 bits per heavy atom. The third kappa shape index (κ3) is 2.94. The van der Waals surface area contributed by atoms with E-state index in [-0.39, 0.29) is 6.04 Å². The standard InChI is InChI=1S/C13H21N3O/c1-15-9-8-14-13(15)10-16(2)11-6-4-3-5-7-12(11)17/h8-9,11H,3-7,10H2,1-2H3. The van der Waals surface area contributed by atoms with Crippen molar-refractivity contribution in [3.8, 4) is 0 Å². The Morgan fingerprint density at radius 2 is 2.29 bits per heavy atom. The lowest BCUT2D eigenvalue weighted by Crippen LogP contribution is -2.37. The predicted molar refractivity (Wildman–Crippen MR) is 66.6 cm³/mol. The Kier molecular flexibility index (Phi) is 3.94. The lowest BCUT2D eigenvalue weighted by atomic mass is 10.1. The van der Waals surface area contributed by atoms with E-state index in [9.17, 15) is 4.79 Å². The van der Waals surface area contributed by atoms with Gasteiger partial charge in [0, 0.05) is 25.9 Å². The molecule has 1 unspecified atom stereocenters. The van der Waals surface area contributed by atoms with Crippen LogP contribution in [0.3, 0.4) is 0 Å². The molecular weight excluding hydrogens is 214 g/mol. The second-order valence-electron chi connectivity index (χ2n) is 4.95. The molecule has 0 saturated heterocycles. The number of Topliss-reactive ketones (excluding diaryl/α,β-unsaturated/α-hetero) is 1. The van der Waals surface area contributed by atoms with Crippen LogP contribution in [-0.2, 0) is 18.4 Å². The minimum atomic E-state index is 0.0919. The van der Waals surface area contributed by atoms with Gasteiger partial charge in [-0.15, -0.1) is 0 Å². The molecule has 2 rings (SSSR count). The van der Waals surface area contributed by atoms with Crippen molar-refractivity contribution < 1.29 is 4.79 Å². The van der Waals surface area contributed by atoms with Crippen LogP contribution in [0.2, 0.25) is 0 Å². The highest BCUT2D eigenvalue weighted by Crippen LogP contribution is 2.19. The molecule has 1 fully saturated rings. The van der Waals surface area contributed by atoms with Gasteiger partial charge >= 0.3 is 0 Å². The van der Waals surface area contributed by atoms with Crippen molar-refractivity contribution in [2.45, 2.75) is 44.7 Å². The molecule has 0 amide bonds. The van der Waals surface area contributed by atoms with Crippen molar-refractivity contribution in [3.63, 3.8) is 0 Å². The number of aromatic nitrogens is 2. The molecule has 1 atom stereocenters. The fraction of sp³-hybridized carbons (Fsp3) is 0.692. The number of ketones is 1. The highest BCUT2D eigenvalue weighted by atomic mass is 16.1. The molecule has 1 heterocycles. The zero-order valence-corrected chi connectivity index (χ0v) is 10.7. The van der Waals surface area contributed by atoms with E-state index in [4.69, 9.17) is 0 Å². The minimum Gasteiger partial charge on any atom is -0.337 e. The number of rotatable bonds is 3. The predicted octanol–water partition coefficient (Wildman–Crippen LogP) is 1.75. The zero-order chi connectivity index (χ0) is 12.3. The lowest BCUT2D eigenvalue weighted by Gasteiger charge is -2.25. The third-order valence-corrected chi connectivity index (χ3v) is 3.62. The molecule has 1 saturated carbocycles. The van der Waals surface area contributed by atoms with Crippen molar-refractivity contribution in [1.82, 2.24) is 14.5 Å². The molecule has 0 aliphatic heterocycles. The summed E-state index contributed by atoms with van der Waals surface area (Å²) in [5.41, 5.74) is 0. The molecule has 1 aliphatic rings. The van der Waals surface area contributed by atoms with Gasteiger partial charge < -0.3 is 4.57 Å². The summed E-state index contributed by atoms with van der Waals surface area (Å²) in [5.74, 6) is 1.42. The fourth-order valence-electron chi connectivity index (χ4n) is 2.49. The van der Waals surface area contributed by atoms with Gasteiger partial charge in [0.05, 0.1) is 12.6 Å². The van der Waals surface area contributed by atoms with E-state index < -0.39 is 0 Å². The molecule has 1 aliphatic carbocycles. The molecule has 94 valence electrons. The summed E-state index contributed by atoms with van der Waals surface area (Å²) in [4.78, 5) is 18.5. The van der Waals surface area contributed by atoms with Crippen LogP contribution in [0.15, 0.2) is 12.4 Å². The molecule has 1 aromatic heterocycles. The Balaban J connectivity index is 2.01. The quantitative estimate of drug-likeness (QED) is 0.749. The first kappa shape index (κ1) is 12.3. The van der Waals surface area contributed by atoms with Crippen molar-refractivity contribution in [2.75, 3.05) is 7.05 Å².